The van der Waals surface area contributed by atoms with E-state index in [1.165, 1.54) is 38.9 Å². The first-order chi connectivity index (χ1) is 6.38. The van der Waals surface area contributed by atoms with Crippen LogP contribution in [0.15, 0.2) is 0 Å². The molecule has 76 valence electrons. The fourth-order valence-corrected chi connectivity index (χ4v) is 2.38. The highest BCUT2D eigenvalue weighted by Gasteiger charge is 2.25. The van der Waals surface area contributed by atoms with E-state index in [2.05, 4.69) is 10.2 Å². The monoisotopic (exact) mass is 184 g/mol. The second-order valence-electron chi connectivity index (χ2n) is 4.20. The lowest BCUT2D eigenvalue weighted by Gasteiger charge is -2.20. The molecule has 2 aliphatic rings. The van der Waals surface area contributed by atoms with Gasteiger partial charge in [0.05, 0.1) is 6.10 Å². The minimum absolute atomic E-state index is 0.487. The molecule has 2 rings (SSSR count). The van der Waals surface area contributed by atoms with Gasteiger partial charge in [-0.2, -0.15) is 0 Å². The van der Waals surface area contributed by atoms with Crippen molar-refractivity contribution < 1.29 is 4.74 Å². The van der Waals surface area contributed by atoms with Crippen LogP contribution in [-0.2, 0) is 4.74 Å². The zero-order valence-electron chi connectivity index (χ0n) is 8.46. The van der Waals surface area contributed by atoms with Gasteiger partial charge in [0.1, 0.15) is 0 Å². The van der Waals surface area contributed by atoms with Gasteiger partial charge in [0.15, 0.2) is 0 Å². The van der Waals surface area contributed by atoms with E-state index in [1.807, 2.05) is 7.11 Å². The first kappa shape index (κ1) is 9.44. The molecule has 1 N–H and O–H groups in total. The molecule has 0 aliphatic carbocycles. The lowest BCUT2D eigenvalue weighted by Crippen LogP contribution is -2.36. The van der Waals surface area contributed by atoms with Crippen LogP contribution in [0.2, 0.25) is 0 Å². The Morgan fingerprint density at radius 2 is 2.38 bits per heavy atom. The molecular weight excluding hydrogens is 164 g/mol. The first-order valence-corrected chi connectivity index (χ1v) is 5.37. The molecule has 2 saturated heterocycles. The molecule has 0 aromatic carbocycles. The van der Waals surface area contributed by atoms with Crippen molar-refractivity contribution in [1.82, 2.24) is 10.2 Å². The topological polar surface area (TPSA) is 24.5 Å². The Bertz CT molecular complexity index is 157. The van der Waals surface area contributed by atoms with Gasteiger partial charge >= 0.3 is 0 Å². The Morgan fingerprint density at radius 3 is 3.00 bits per heavy atom. The molecule has 0 saturated carbocycles. The summed E-state index contributed by atoms with van der Waals surface area (Å²) in [6.07, 6.45) is 4.41. The maximum atomic E-state index is 5.34. The van der Waals surface area contributed by atoms with Crippen molar-refractivity contribution in [2.45, 2.75) is 31.4 Å². The standard InChI is InChI=1S/C10H20N2O/c1-13-10-4-6-12(8-10)7-9-3-2-5-11-9/h9-11H,2-8H2,1H3/t9-,10?/m0/s1. The number of ether oxygens (including phenoxy) is 1. The van der Waals surface area contributed by atoms with Gasteiger partial charge in [0, 0.05) is 32.8 Å². The normalized spacial score (nSPS) is 35.8. The van der Waals surface area contributed by atoms with Crippen molar-refractivity contribution in [3.05, 3.63) is 0 Å². The maximum absolute atomic E-state index is 5.34. The van der Waals surface area contributed by atoms with Crippen LogP contribution in [0.5, 0.6) is 0 Å². The molecular formula is C10H20N2O. The van der Waals surface area contributed by atoms with Gasteiger partial charge in [0.2, 0.25) is 0 Å². The fraction of sp³-hybridized carbons (Fsp3) is 1.00. The molecule has 13 heavy (non-hydrogen) atoms. The van der Waals surface area contributed by atoms with Crippen LogP contribution in [0, 0.1) is 0 Å². The number of nitrogens with one attached hydrogen (secondary N) is 1. The van der Waals surface area contributed by atoms with Crippen LogP contribution in [0.3, 0.4) is 0 Å². The largest absolute Gasteiger partial charge is 0.380 e. The average Bonchev–Trinajstić information content (AvgIpc) is 2.76. The summed E-state index contributed by atoms with van der Waals surface area (Å²) in [6, 6.07) is 0.746. The van der Waals surface area contributed by atoms with E-state index in [0.717, 1.165) is 12.6 Å². The van der Waals surface area contributed by atoms with Gasteiger partial charge < -0.3 is 10.1 Å². The quantitative estimate of drug-likeness (QED) is 0.689. The summed E-state index contributed by atoms with van der Waals surface area (Å²) in [6.45, 7) is 4.79. The van der Waals surface area contributed by atoms with E-state index >= 15 is 0 Å². The van der Waals surface area contributed by atoms with Gasteiger partial charge in [0.25, 0.3) is 0 Å². The van der Waals surface area contributed by atoms with Crippen LogP contribution in [0.1, 0.15) is 19.3 Å². The SMILES string of the molecule is COC1CCN(C[C@@H]2CCCN2)C1. The molecule has 1 unspecified atom stereocenters. The summed E-state index contributed by atoms with van der Waals surface area (Å²) in [7, 11) is 1.82. The Labute approximate surface area is 80.4 Å². The van der Waals surface area contributed by atoms with Crippen molar-refractivity contribution in [2.24, 2.45) is 0 Å². The minimum atomic E-state index is 0.487. The molecule has 0 amide bonds. The second-order valence-corrected chi connectivity index (χ2v) is 4.20. The summed E-state index contributed by atoms with van der Waals surface area (Å²) in [5.74, 6) is 0. The predicted molar refractivity (Wildman–Crippen MR) is 52.9 cm³/mol. The van der Waals surface area contributed by atoms with E-state index in [1.54, 1.807) is 0 Å². The molecule has 3 nitrogen and oxygen atoms in total. The Balaban J connectivity index is 1.70. The number of hydrogen-bond donors (Lipinski definition) is 1. The highest BCUT2D eigenvalue weighted by molar-refractivity contribution is 4.82. The minimum Gasteiger partial charge on any atom is -0.380 e. The van der Waals surface area contributed by atoms with Gasteiger partial charge in [-0.25, -0.2) is 0 Å². The van der Waals surface area contributed by atoms with Crippen molar-refractivity contribution in [3.63, 3.8) is 0 Å². The number of nitrogens with zero attached hydrogens (tertiary/aromatic N) is 1. The van der Waals surface area contributed by atoms with Crippen molar-refractivity contribution in [2.75, 3.05) is 33.3 Å². The number of hydrogen-bond acceptors (Lipinski definition) is 3. The van der Waals surface area contributed by atoms with Crippen molar-refractivity contribution in [1.29, 1.82) is 0 Å². The van der Waals surface area contributed by atoms with Gasteiger partial charge in [-0.15, -0.1) is 0 Å². The molecule has 2 heterocycles. The molecule has 0 spiro atoms. The summed E-state index contributed by atoms with van der Waals surface area (Å²) in [5, 5.41) is 3.53. The molecule has 2 aliphatic heterocycles. The summed E-state index contributed by atoms with van der Waals surface area (Å²) >= 11 is 0. The predicted octanol–water partition coefficient (Wildman–Crippen LogP) is 0.459. The highest BCUT2D eigenvalue weighted by atomic mass is 16.5. The molecule has 3 heteroatoms. The molecule has 2 fully saturated rings. The smallest absolute Gasteiger partial charge is 0.0710 e. The second kappa shape index (κ2) is 4.40. The number of methoxy groups -OCH3 is 1. The number of likely N-dealkylation sites (tertiary alicyclic amines) is 1. The van der Waals surface area contributed by atoms with Gasteiger partial charge in [-0.05, 0) is 25.8 Å². The first-order valence-electron chi connectivity index (χ1n) is 5.37. The van der Waals surface area contributed by atoms with Crippen LogP contribution in [-0.4, -0.2) is 50.3 Å². The van der Waals surface area contributed by atoms with E-state index < -0.39 is 0 Å². The van der Waals surface area contributed by atoms with Crippen LogP contribution in [0.4, 0.5) is 0 Å². The lowest BCUT2D eigenvalue weighted by atomic mass is 10.2. The third-order valence-corrected chi connectivity index (χ3v) is 3.20. The molecule has 0 aromatic rings. The van der Waals surface area contributed by atoms with Crippen molar-refractivity contribution >= 4 is 0 Å². The van der Waals surface area contributed by atoms with E-state index in [4.69, 9.17) is 4.74 Å². The van der Waals surface area contributed by atoms with Crippen LogP contribution >= 0.6 is 0 Å². The Hall–Kier alpha value is -0.120. The van der Waals surface area contributed by atoms with Crippen LogP contribution in [0.25, 0.3) is 0 Å². The maximum Gasteiger partial charge on any atom is 0.0710 e. The Morgan fingerprint density at radius 1 is 1.46 bits per heavy atom. The summed E-state index contributed by atoms with van der Waals surface area (Å²) in [4.78, 5) is 2.52. The average molecular weight is 184 g/mol. The summed E-state index contributed by atoms with van der Waals surface area (Å²) in [5.41, 5.74) is 0. The summed E-state index contributed by atoms with van der Waals surface area (Å²) < 4.78 is 5.34. The molecule has 2 atom stereocenters. The number of rotatable bonds is 3. The van der Waals surface area contributed by atoms with E-state index in [-0.39, 0.29) is 0 Å². The Kier molecular flexibility index (Phi) is 3.19. The van der Waals surface area contributed by atoms with Gasteiger partial charge in [-0.3, -0.25) is 4.90 Å². The fourth-order valence-electron chi connectivity index (χ4n) is 2.38. The highest BCUT2D eigenvalue weighted by Crippen LogP contribution is 2.14. The zero-order chi connectivity index (χ0) is 9.10. The third kappa shape index (κ3) is 2.42. The van der Waals surface area contributed by atoms with Crippen molar-refractivity contribution in [3.8, 4) is 0 Å². The zero-order valence-corrected chi connectivity index (χ0v) is 8.46. The lowest BCUT2D eigenvalue weighted by molar-refractivity contribution is 0.107. The van der Waals surface area contributed by atoms with Crippen LogP contribution < -0.4 is 5.32 Å². The van der Waals surface area contributed by atoms with E-state index in [9.17, 15) is 0 Å². The third-order valence-electron chi connectivity index (χ3n) is 3.20. The van der Waals surface area contributed by atoms with Gasteiger partial charge in [-0.1, -0.05) is 0 Å². The molecule has 0 aromatic heterocycles. The van der Waals surface area contributed by atoms with E-state index in [0.29, 0.717) is 6.10 Å². The molecule has 0 bridgehead atoms. The molecule has 0 radical (unpaired) electrons.